The zero-order valence-electron chi connectivity index (χ0n) is 20.6. The van der Waals surface area contributed by atoms with E-state index >= 15 is 0 Å². The Morgan fingerprint density at radius 3 is 1.94 bits per heavy atom. The maximum Gasteiger partial charge on any atom is 0.296 e. The molecule has 0 fully saturated rings. The number of allylic oxidation sites excluding steroid dienone is 2. The normalized spacial score (nSPS) is 11.5. The summed E-state index contributed by atoms with van der Waals surface area (Å²) in [7, 11) is -2.83. The van der Waals surface area contributed by atoms with Gasteiger partial charge in [0.1, 0.15) is 10.6 Å². The van der Waals surface area contributed by atoms with Crippen molar-refractivity contribution < 1.29 is 17.7 Å². The van der Waals surface area contributed by atoms with Crippen molar-refractivity contribution in [3.63, 3.8) is 0 Å². The molecule has 0 aliphatic rings. The van der Waals surface area contributed by atoms with E-state index in [0.29, 0.717) is 18.0 Å². The van der Waals surface area contributed by atoms with Crippen molar-refractivity contribution in [2.45, 2.75) is 102 Å². The van der Waals surface area contributed by atoms with Crippen molar-refractivity contribution in [1.82, 2.24) is 0 Å². The fourth-order valence-corrected chi connectivity index (χ4v) is 4.27. The van der Waals surface area contributed by atoms with Gasteiger partial charge in [-0.3, -0.25) is 4.55 Å². The van der Waals surface area contributed by atoms with Crippen LogP contribution in [-0.4, -0.2) is 56.2 Å². The topological polar surface area (TPSA) is 75.6 Å². The molecule has 1 aromatic carbocycles. The van der Waals surface area contributed by atoms with Gasteiger partial charge in [-0.2, -0.15) is 8.42 Å². The third-order valence-corrected chi connectivity index (χ3v) is 6.36. The number of methoxy groups -OCH3 is 1. The van der Waals surface area contributed by atoms with E-state index < -0.39 is 10.1 Å². The standard InChI is InChI=1S/C25H43NO4S.Na/c1-3-4-5-6-7-8-9-10-11-12-13-14-15-16-17-18-21-26-24-20-19-23(30-2)22-25(24)31(27,28)29;/h10-11,19-20,22,26H,3-9,12-18,21H2,1-2H3,(H,27,28,29);/b11-10-;. The minimum Gasteiger partial charge on any atom is -0.497 e. The molecule has 0 aromatic heterocycles. The Kier molecular flexibility index (Phi) is 19.6. The number of nitrogens with one attached hydrogen (secondary N) is 1. The molecule has 7 heteroatoms. The van der Waals surface area contributed by atoms with E-state index in [0.717, 1.165) is 12.8 Å². The van der Waals surface area contributed by atoms with Crippen LogP contribution in [0.1, 0.15) is 96.8 Å². The molecule has 32 heavy (non-hydrogen) atoms. The number of rotatable bonds is 19. The molecule has 179 valence electrons. The van der Waals surface area contributed by atoms with Gasteiger partial charge >= 0.3 is 0 Å². The minimum absolute atomic E-state index is 0. The molecule has 0 aliphatic carbocycles. The van der Waals surface area contributed by atoms with Crippen LogP contribution in [0.4, 0.5) is 5.69 Å². The van der Waals surface area contributed by atoms with Crippen LogP contribution in [0.2, 0.25) is 0 Å². The molecule has 1 aromatic rings. The van der Waals surface area contributed by atoms with Gasteiger partial charge in [0, 0.05) is 42.2 Å². The average molecular weight is 477 g/mol. The second kappa shape index (κ2) is 19.9. The molecule has 0 aliphatic heterocycles. The van der Waals surface area contributed by atoms with Crippen LogP contribution >= 0.6 is 0 Å². The van der Waals surface area contributed by atoms with Crippen LogP contribution in [0.15, 0.2) is 35.2 Å². The van der Waals surface area contributed by atoms with Crippen LogP contribution < -0.4 is 10.1 Å². The van der Waals surface area contributed by atoms with Gasteiger partial charge in [-0.25, -0.2) is 0 Å². The third kappa shape index (κ3) is 15.3. The predicted molar refractivity (Wildman–Crippen MR) is 137 cm³/mol. The SMILES string of the molecule is CCCCCCCC/C=C\CCCCCCCCNc1ccc(OC)cc1S(=O)(=O)O.[Na]. The van der Waals surface area contributed by atoms with Gasteiger partial charge in [-0.1, -0.05) is 76.9 Å². The van der Waals surface area contributed by atoms with Gasteiger partial charge in [0.2, 0.25) is 0 Å². The Balaban J connectivity index is 0.00000961. The van der Waals surface area contributed by atoms with E-state index in [4.69, 9.17) is 4.74 Å². The molecule has 0 amide bonds. The zero-order valence-corrected chi connectivity index (χ0v) is 23.4. The van der Waals surface area contributed by atoms with Gasteiger partial charge in [-0.05, 0) is 44.2 Å². The van der Waals surface area contributed by atoms with Crippen LogP contribution in [-0.2, 0) is 10.1 Å². The fourth-order valence-electron chi connectivity index (χ4n) is 3.58. The summed E-state index contributed by atoms with van der Waals surface area (Å²) in [5, 5.41) is 3.12. The van der Waals surface area contributed by atoms with Crippen LogP contribution in [0, 0.1) is 0 Å². The summed E-state index contributed by atoms with van der Waals surface area (Å²) in [6.45, 7) is 2.93. The smallest absolute Gasteiger partial charge is 0.296 e. The van der Waals surface area contributed by atoms with Crippen molar-refractivity contribution in [3.05, 3.63) is 30.4 Å². The van der Waals surface area contributed by atoms with Gasteiger partial charge in [0.05, 0.1) is 12.8 Å². The molecule has 1 rings (SSSR count). The van der Waals surface area contributed by atoms with Crippen molar-refractivity contribution in [1.29, 1.82) is 0 Å². The number of hydrogen-bond donors (Lipinski definition) is 2. The largest absolute Gasteiger partial charge is 0.497 e. The Bertz CT molecular complexity index is 723. The van der Waals surface area contributed by atoms with Gasteiger partial charge in [0.15, 0.2) is 0 Å². The van der Waals surface area contributed by atoms with Gasteiger partial charge in [0.25, 0.3) is 10.1 Å². The average Bonchev–Trinajstić information content (AvgIpc) is 2.75. The third-order valence-electron chi connectivity index (χ3n) is 5.47. The monoisotopic (exact) mass is 476 g/mol. The molecule has 0 bridgehead atoms. The second-order valence-electron chi connectivity index (χ2n) is 8.20. The maximum atomic E-state index is 11.6. The molecule has 0 heterocycles. The Morgan fingerprint density at radius 1 is 0.875 bits per heavy atom. The van der Waals surface area contributed by atoms with Crippen LogP contribution in [0.3, 0.4) is 0 Å². The Labute approximate surface area is 218 Å². The first kappa shape index (κ1) is 31.5. The number of benzene rings is 1. The maximum absolute atomic E-state index is 11.6. The van der Waals surface area contributed by atoms with E-state index in [9.17, 15) is 13.0 Å². The Hall–Kier alpha value is -0.530. The number of hydrogen-bond acceptors (Lipinski definition) is 4. The zero-order chi connectivity index (χ0) is 22.8. The summed E-state index contributed by atoms with van der Waals surface area (Å²) in [5.41, 5.74) is 0.413. The second-order valence-corrected chi connectivity index (χ2v) is 9.59. The first-order valence-electron chi connectivity index (χ1n) is 12.0. The van der Waals surface area contributed by atoms with E-state index in [2.05, 4.69) is 24.4 Å². The number of anilines is 1. The first-order valence-corrected chi connectivity index (χ1v) is 13.5. The van der Waals surface area contributed by atoms with Crippen LogP contribution in [0.25, 0.3) is 0 Å². The van der Waals surface area contributed by atoms with Gasteiger partial charge < -0.3 is 10.1 Å². The van der Waals surface area contributed by atoms with E-state index in [1.54, 1.807) is 12.1 Å². The molecule has 0 saturated heterocycles. The molecular weight excluding hydrogens is 433 g/mol. The molecule has 0 spiro atoms. The molecule has 5 nitrogen and oxygen atoms in total. The van der Waals surface area contributed by atoms with Crippen molar-refractivity contribution >= 4 is 45.4 Å². The summed E-state index contributed by atoms with van der Waals surface area (Å²) in [5.74, 6) is 0.399. The molecule has 0 saturated carbocycles. The predicted octanol–water partition coefficient (Wildman–Crippen LogP) is 7.01. The fraction of sp³-hybridized carbons (Fsp3) is 0.680. The summed E-state index contributed by atoms with van der Waals surface area (Å²) in [6.07, 6.45) is 22.3. The summed E-state index contributed by atoms with van der Waals surface area (Å²) < 4.78 is 37.6. The molecule has 0 unspecified atom stereocenters. The summed E-state index contributed by atoms with van der Waals surface area (Å²) in [4.78, 5) is -0.142. The van der Waals surface area contributed by atoms with E-state index in [-0.39, 0.29) is 34.5 Å². The van der Waals surface area contributed by atoms with E-state index in [1.165, 1.54) is 90.2 Å². The first-order chi connectivity index (χ1) is 15.0. The van der Waals surface area contributed by atoms with Crippen molar-refractivity contribution in [2.75, 3.05) is 19.0 Å². The van der Waals surface area contributed by atoms with Gasteiger partial charge in [-0.15, -0.1) is 0 Å². The molecular formula is C25H43NNaO4S. The molecule has 0 atom stereocenters. The molecule has 2 N–H and O–H groups in total. The minimum atomic E-state index is -4.29. The Morgan fingerprint density at radius 2 is 1.41 bits per heavy atom. The van der Waals surface area contributed by atoms with Crippen molar-refractivity contribution in [3.8, 4) is 5.75 Å². The summed E-state index contributed by atoms with van der Waals surface area (Å²) >= 11 is 0. The number of unbranched alkanes of at least 4 members (excludes halogenated alkanes) is 12. The summed E-state index contributed by atoms with van der Waals surface area (Å²) in [6, 6.07) is 4.64. The molecule has 1 radical (unpaired) electrons. The van der Waals surface area contributed by atoms with Crippen molar-refractivity contribution in [2.24, 2.45) is 0 Å². The van der Waals surface area contributed by atoms with Crippen LogP contribution in [0.5, 0.6) is 5.75 Å². The van der Waals surface area contributed by atoms with E-state index in [1.807, 2.05) is 0 Å². The quantitative estimate of drug-likeness (QED) is 0.0972. The number of ether oxygens (including phenoxy) is 1.